The van der Waals surface area contributed by atoms with E-state index in [-0.39, 0.29) is 48.3 Å². The van der Waals surface area contributed by atoms with Crippen LogP contribution in [0.5, 0.6) is 0 Å². The van der Waals surface area contributed by atoms with Crippen molar-refractivity contribution in [2.24, 2.45) is 0 Å². The molecule has 0 fully saturated rings. The van der Waals surface area contributed by atoms with Gasteiger partial charge >= 0.3 is 29.6 Å². The molecule has 0 saturated heterocycles. The molecule has 13 heavy (non-hydrogen) atoms. The van der Waals surface area contributed by atoms with Gasteiger partial charge in [0.25, 0.3) is 0 Å². The van der Waals surface area contributed by atoms with Crippen LogP contribution in [0.1, 0.15) is 19.8 Å². The molecular formula is C6H12ClNaO4S. The molecule has 0 radical (unpaired) electrons. The second-order valence-electron chi connectivity index (χ2n) is 2.68. The second kappa shape index (κ2) is 7.45. The summed E-state index contributed by atoms with van der Waals surface area (Å²) in [7, 11) is -4.32. The van der Waals surface area contributed by atoms with E-state index in [1.54, 1.807) is 0 Å². The number of hydrogen-bond donors (Lipinski definition) is 1. The fourth-order valence-corrected chi connectivity index (χ4v) is 2.20. The third kappa shape index (κ3) is 8.17. The van der Waals surface area contributed by atoms with E-state index in [2.05, 4.69) is 0 Å². The van der Waals surface area contributed by atoms with Crippen molar-refractivity contribution < 1.29 is 47.6 Å². The van der Waals surface area contributed by atoms with Crippen LogP contribution in [0.2, 0.25) is 0 Å². The van der Waals surface area contributed by atoms with Crippen molar-refractivity contribution >= 4 is 21.7 Å². The van der Waals surface area contributed by atoms with Crippen LogP contribution >= 0.6 is 11.6 Å². The Morgan fingerprint density at radius 2 is 2.00 bits per heavy atom. The van der Waals surface area contributed by atoms with Gasteiger partial charge in [0.15, 0.2) is 0 Å². The number of rotatable bonds is 5. The Hall–Kier alpha value is 1.16. The van der Waals surface area contributed by atoms with Gasteiger partial charge in [0.05, 0.1) is 21.5 Å². The Kier molecular flexibility index (Phi) is 9.51. The minimum atomic E-state index is -4.32. The number of aliphatic hydroxyl groups excluding tert-OH is 1. The van der Waals surface area contributed by atoms with Crippen LogP contribution in [0, 0.1) is 0 Å². The number of halogens is 1. The summed E-state index contributed by atoms with van der Waals surface area (Å²) in [6.07, 6.45) is -0.737. The van der Waals surface area contributed by atoms with Crippen LogP contribution in [0.4, 0.5) is 0 Å². The molecule has 0 heterocycles. The van der Waals surface area contributed by atoms with Gasteiger partial charge in [-0.25, -0.2) is 8.42 Å². The molecule has 1 N–H and O–H groups in total. The molecule has 0 aliphatic rings. The topological polar surface area (TPSA) is 77.4 Å². The fraction of sp³-hybridized carbons (Fsp3) is 1.00. The molecule has 0 amide bonds. The van der Waals surface area contributed by atoms with E-state index in [9.17, 15) is 13.0 Å². The molecule has 0 aliphatic carbocycles. The van der Waals surface area contributed by atoms with Gasteiger partial charge in [0.2, 0.25) is 0 Å². The Bertz CT molecular complexity index is 217. The van der Waals surface area contributed by atoms with E-state index in [1.165, 1.54) is 6.92 Å². The minimum absolute atomic E-state index is 0. The van der Waals surface area contributed by atoms with Crippen molar-refractivity contribution in [1.29, 1.82) is 0 Å². The normalized spacial score (nSPS) is 16.0. The molecule has 0 saturated carbocycles. The zero-order chi connectivity index (χ0) is 9.78. The van der Waals surface area contributed by atoms with E-state index in [0.29, 0.717) is 0 Å². The molecule has 2 unspecified atom stereocenters. The fourth-order valence-electron chi connectivity index (χ4n) is 0.882. The van der Waals surface area contributed by atoms with Gasteiger partial charge in [0.1, 0.15) is 0 Å². The maximum absolute atomic E-state index is 10.5. The van der Waals surface area contributed by atoms with Crippen LogP contribution in [-0.4, -0.2) is 35.3 Å². The average Bonchev–Trinajstić information content (AvgIpc) is 1.83. The summed E-state index contributed by atoms with van der Waals surface area (Å²) in [6, 6.07) is 0. The molecule has 0 aromatic rings. The maximum atomic E-state index is 10.5. The zero-order valence-corrected chi connectivity index (χ0v) is 11.3. The van der Waals surface area contributed by atoms with Gasteiger partial charge in [-0.05, 0) is 19.8 Å². The summed E-state index contributed by atoms with van der Waals surface area (Å²) in [5, 5.41) is 7.81. The smallest absolute Gasteiger partial charge is 0.748 e. The summed E-state index contributed by atoms with van der Waals surface area (Å²) in [5.74, 6) is 0.110. The third-order valence-electron chi connectivity index (χ3n) is 1.44. The summed E-state index contributed by atoms with van der Waals surface area (Å²) in [5.41, 5.74) is 0. The Balaban J connectivity index is 0. The summed E-state index contributed by atoms with van der Waals surface area (Å²) in [4.78, 5) is 0. The molecule has 2 atom stereocenters. The van der Waals surface area contributed by atoms with Crippen LogP contribution < -0.4 is 29.6 Å². The monoisotopic (exact) mass is 238 g/mol. The van der Waals surface area contributed by atoms with Gasteiger partial charge in [-0.15, -0.1) is 11.6 Å². The summed E-state index contributed by atoms with van der Waals surface area (Å²) < 4.78 is 31.6. The largest absolute Gasteiger partial charge is 1.00 e. The number of aliphatic hydroxyl groups is 1. The Morgan fingerprint density at radius 3 is 2.23 bits per heavy atom. The van der Waals surface area contributed by atoms with Gasteiger partial charge in [0, 0.05) is 5.88 Å². The molecule has 0 bridgehead atoms. The zero-order valence-electron chi connectivity index (χ0n) is 7.73. The van der Waals surface area contributed by atoms with Crippen LogP contribution in [0.25, 0.3) is 0 Å². The molecule has 7 heteroatoms. The first kappa shape index (κ1) is 16.6. The second-order valence-corrected chi connectivity index (χ2v) is 4.71. The third-order valence-corrected chi connectivity index (χ3v) is 2.91. The van der Waals surface area contributed by atoms with Crippen molar-refractivity contribution in [3.63, 3.8) is 0 Å². The quantitative estimate of drug-likeness (QED) is 0.321. The number of alkyl halides is 1. The minimum Gasteiger partial charge on any atom is -0.748 e. The molecule has 4 nitrogen and oxygen atoms in total. The molecule has 0 spiro atoms. The molecule has 0 aromatic heterocycles. The first-order valence-electron chi connectivity index (χ1n) is 3.56. The van der Waals surface area contributed by atoms with Crippen LogP contribution in [-0.2, 0) is 10.1 Å². The number of hydrogen-bond acceptors (Lipinski definition) is 4. The van der Waals surface area contributed by atoms with Crippen LogP contribution in [0.15, 0.2) is 0 Å². The van der Waals surface area contributed by atoms with E-state index < -0.39 is 21.5 Å². The van der Waals surface area contributed by atoms with Crippen molar-refractivity contribution in [3.8, 4) is 0 Å². The van der Waals surface area contributed by atoms with E-state index in [0.717, 1.165) is 0 Å². The van der Waals surface area contributed by atoms with E-state index in [1.807, 2.05) is 0 Å². The first-order chi connectivity index (χ1) is 5.38. The molecule has 0 aliphatic heterocycles. The molecule has 0 aromatic carbocycles. The van der Waals surface area contributed by atoms with E-state index >= 15 is 0 Å². The van der Waals surface area contributed by atoms with Gasteiger partial charge in [-0.2, -0.15) is 0 Å². The summed E-state index contributed by atoms with van der Waals surface area (Å²) >= 11 is 5.30. The van der Waals surface area contributed by atoms with Crippen molar-refractivity contribution in [3.05, 3.63) is 0 Å². The molecule has 74 valence electrons. The van der Waals surface area contributed by atoms with Crippen molar-refractivity contribution in [2.75, 3.05) is 5.88 Å². The van der Waals surface area contributed by atoms with E-state index in [4.69, 9.17) is 16.7 Å². The van der Waals surface area contributed by atoms with Crippen LogP contribution in [0.3, 0.4) is 0 Å². The Labute approximate surface area is 106 Å². The Morgan fingerprint density at radius 1 is 1.54 bits per heavy atom. The standard InChI is InChI=1S/C6H13ClO4S.Na/c1-5(8)4-6(2-3-7)12(9,10)11;/h5-6,8H,2-4H2,1H3,(H,9,10,11);/q;+1/p-1. The van der Waals surface area contributed by atoms with Gasteiger partial charge in [-0.1, -0.05) is 0 Å². The molecular weight excluding hydrogens is 227 g/mol. The summed E-state index contributed by atoms with van der Waals surface area (Å²) in [6.45, 7) is 1.44. The first-order valence-corrected chi connectivity index (χ1v) is 5.57. The SMILES string of the molecule is CC(O)CC(CCCl)S(=O)(=O)[O-].[Na+]. The predicted molar refractivity (Wildman–Crippen MR) is 45.1 cm³/mol. The maximum Gasteiger partial charge on any atom is 1.00 e. The van der Waals surface area contributed by atoms with Gasteiger partial charge < -0.3 is 9.66 Å². The average molecular weight is 239 g/mol. The predicted octanol–water partition coefficient (Wildman–Crippen LogP) is -2.70. The van der Waals surface area contributed by atoms with Crippen molar-refractivity contribution in [2.45, 2.75) is 31.1 Å². The molecule has 0 rings (SSSR count). The van der Waals surface area contributed by atoms with Crippen molar-refractivity contribution in [1.82, 2.24) is 0 Å². The van der Waals surface area contributed by atoms with Gasteiger partial charge in [-0.3, -0.25) is 0 Å².